The van der Waals surface area contributed by atoms with Gasteiger partial charge in [-0.25, -0.2) is 9.97 Å². The van der Waals surface area contributed by atoms with Crippen molar-refractivity contribution in [3.63, 3.8) is 0 Å². The van der Waals surface area contributed by atoms with Crippen LogP contribution in [0.5, 0.6) is 0 Å². The van der Waals surface area contributed by atoms with Gasteiger partial charge >= 0.3 is 0 Å². The van der Waals surface area contributed by atoms with Crippen molar-refractivity contribution in [1.29, 1.82) is 0 Å². The molecule has 3 aromatic heterocycles. The van der Waals surface area contributed by atoms with E-state index in [2.05, 4.69) is 105 Å². The summed E-state index contributed by atoms with van der Waals surface area (Å²) < 4.78 is 4.59. The monoisotopic (exact) mass is 460 g/mol. The third-order valence-electron chi connectivity index (χ3n) is 7.17. The molecule has 0 atom stereocenters. The van der Waals surface area contributed by atoms with Gasteiger partial charge in [-0.05, 0) is 47.2 Å². The SMILES string of the molecule is c1ccc(-c2nccc(-n3c4cccc5ccc6cc7c(ccn7-c7ccccc7)c3c6c54)n2)cc1. The van der Waals surface area contributed by atoms with Crippen LogP contribution in [0.15, 0.2) is 122 Å². The van der Waals surface area contributed by atoms with E-state index in [0.717, 1.165) is 28.4 Å². The number of hydrogen-bond acceptors (Lipinski definition) is 2. The van der Waals surface area contributed by atoms with Crippen molar-refractivity contribution in [2.75, 3.05) is 0 Å². The van der Waals surface area contributed by atoms with Gasteiger partial charge in [0.05, 0.1) is 16.6 Å². The van der Waals surface area contributed by atoms with Gasteiger partial charge < -0.3 is 4.57 Å². The van der Waals surface area contributed by atoms with E-state index in [0.29, 0.717) is 0 Å². The summed E-state index contributed by atoms with van der Waals surface area (Å²) in [7, 11) is 0. The Morgan fingerprint density at radius 3 is 2.28 bits per heavy atom. The third-order valence-corrected chi connectivity index (χ3v) is 7.17. The van der Waals surface area contributed by atoms with E-state index in [9.17, 15) is 0 Å². The average molecular weight is 461 g/mol. The van der Waals surface area contributed by atoms with E-state index in [-0.39, 0.29) is 0 Å². The average Bonchev–Trinajstić information content (AvgIpc) is 3.53. The van der Waals surface area contributed by atoms with Crippen molar-refractivity contribution in [2.45, 2.75) is 0 Å². The van der Waals surface area contributed by atoms with E-state index in [4.69, 9.17) is 4.98 Å². The Morgan fingerprint density at radius 1 is 0.611 bits per heavy atom. The number of hydrogen-bond donors (Lipinski definition) is 0. The molecule has 0 radical (unpaired) electrons. The van der Waals surface area contributed by atoms with Gasteiger partial charge in [-0.15, -0.1) is 0 Å². The normalized spacial score (nSPS) is 11.9. The first kappa shape index (κ1) is 19.4. The molecule has 0 aliphatic carbocycles. The van der Waals surface area contributed by atoms with Crippen molar-refractivity contribution in [3.05, 3.63) is 122 Å². The van der Waals surface area contributed by atoms with E-state index in [1.807, 2.05) is 30.5 Å². The molecule has 4 heteroatoms. The molecule has 0 spiro atoms. The quantitative estimate of drug-likeness (QED) is 0.252. The molecule has 0 aliphatic rings. The highest BCUT2D eigenvalue weighted by Gasteiger charge is 2.21. The molecule has 5 aromatic carbocycles. The minimum absolute atomic E-state index is 0.724. The molecule has 8 rings (SSSR count). The van der Waals surface area contributed by atoms with Gasteiger partial charge in [-0.2, -0.15) is 0 Å². The molecule has 3 heterocycles. The molecular formula is C32H20N4. The van der Waals surface area contributed by atoms with Crippen molar-refractivity contribution in [3.8, 4) is 22.9 Å². The van der Waals surface area contributed by atoms with E-state index < -0.39 is 0 Å². The maximum absolute atomic E-state index is 5.06. The first-order chi connectivity index (χ1) is 17.9. The lowest BCUT2D eigenvalue weighted by Crippen LogP contribution is -2.00. The number of para-hydroxylation sites is 1. The minimum atomic E-state index is 0.724. The standard InChI is InChI=1S/C32H20N4/c1-3-8-22(9-4-1)32-33-18-16-28(34-32)36-26-13-7-10-21-14-15-23-20-27-25(31(36)30(23)29(21)26)17-19-35(27)24-11-5-2-6-12-24/h1-20H. The predicted octanol–water partition coefficient (Wildman–Crippen LogP) is 7.78. The Morgan fingerprint density at radius 2 is 1.42 bits per heavy atom. The van der Waals surface area contributed by atoms with Gasteiger partial charge in [-0.3, -0.25) is 4.57 Å². The minimum Gasteiger partial charge on any atom is -0.316 e. The highest BCUT2D eigenvalue weighted by molar-refractivity contribution is 6.29. The number of fused-ring (bicyclic) bond motifs is 2. The molecule has 0 saturated heterocycles. The van der Waals surface area contributed by atoms with Gasteiger partial charge in [0.2, 0.25) is 0 Å². The topological polar surface area (TPSA) is 35.6 Å². The molecule has 0 aliphatic heterocycles. The Kier molecular flexibility index (Phi) is 3.91. The van der Waals surface area contributed by atoms with Crippen LogP contribution >= 0.6 is 0 Å². The first-order valence-electron chi connectivity index (χ1n) is 12.1. The fourth-order valence-electron chi connectivity index (χ4n) is 5.62. The summed E-state index contributed by atoms with van der Waals surface area (Å²) in [5.41, 5.74) is 5.68. The highest BCUT2D eigenvalue weighted by atomic mass is 15.1. The summed E-state index contributed by atoms with van der Waals surface area (Å²) in [6, 6.07) is 38.2. The molecule has 168 valence electrons. The van der Waals surface area contributed by atoms with Crippen molar-refractivity contribution in [1.82, 2.24) is 19.1 Å². The lowest BCUT2D eigenvalue weighted by Gasteiger charge is -2.10. The molecule has 0 saturated carbocycles. The molecule has 0 amide bonds. The zero-order valence-corrected chi connectivity index (χ0v) is 19.3. The number of rotatable bonds is 3. The summed E-state index contributed by atoms with van der Waals surface area (Å²) in [6.45, 7) is 0. The summed E-state index contributed by atoms with van der Waals surface area (Å²) in [6.07, 6.45) is 4.03. The van der Waals surface area contributed by atoms with E-state index >= 15 is 0 Å². The van der Waals surface area contributed by atoms with E-state index in [1.54, 1.807) is 0 Å². The van der Waals surface area contributed by atoms with Crippen LogP contribution in [-0.2, 0) is 0 Å². The summed E-state index contributed by atoms with van der Waals surface area (Å²) >= 11 is 0. The Balaban J connectivity index is 1.52. The van der Waals surface area contributed by atoms with E-state index in [1.165, 1.54) is 38.0 Å². The van der Waals surface area contributed by atoms with Crippen molar-refractivity contribution < 1.29 is 0 Å². The summed E-state index contributed by atoms with van der Waals surface area (Å²) in [5, 5.41) is 6.23. The number of benzene rings is 5. The van der Waals surface area contributed by atoms with Crippen LogP contribution in [0.1, 0.15) is 0 Å². The predicted molar refractivity (Wildman–Crippen MR) is 147 cm³/mol. The fraction of sp³-hybridized carbons (Fsp3) is 0. The number of aromatic nitrogens is 4. The first-order valence-corrected chi connectivity index (χ1v) is 12.1. The highest BCUT2D eigenvalue weighted by Crippen LogP contribution is 2.42. The molecule has 8 aromatic rings. The Bertz CT molecular complexity index is 2030. The van der Waals surface area contributed by atoms with Crippen LogP contribution in [0.4, 0.5) is 0 Å². The number of nitrogens with zero attached hydrogens (tertiary/aromatic N) is 4. The van der Waals surface area contributed by atoms with Crippen molar-refractivity contribution in [2.24, 2.45) is 0 Å². The zero-order valence-electron chi connectivity index (χ0n) is 19.3. The van der Waals surface area contributed by atoms with Gasteiger partial charge in [0.15, 0.2) is 5.82 Å². The molecule has 0 bridgehead atoms. The van der Waals surface area contributed by atoms with Crippen LogP contribution in [0.25, 0.3) is 66.4 Å². The van der Waals surface area contributed by atoms with Gasteiger partial charge in [0.1, 0.15) is 5.82 Å². The van der Waals surface area contributed by atoms with Gasteiger partial charge in [-0.1, -0.05) is 72.8 Å². The third kappa shape index (κ3) is 2.64. The summed E-state index contributed by atoms with van der Waals surface area (Å²) in [4.78, 5) is 9.65. The van der Waals surface area contributed by atoms with Crippen LogP contribution in [0.2, 0.25) is 0 Å². The molecule has 4 nitrogen and oxygen atoms in total. The zero-order chi connectivity index (χ0) is 23.6. The van der Waals surface area contributed by atoms with Crippen LogP contribution in [0, 0.1) is 0 Å². The smallest absolute Gasteiger partial charge is 0.161 e. The largest absolute Gasteiger partial charge is 0.316 e. The molecule has 0 unspecified atom stereocenters. The maximum atomic E-state index is 5.06. The molecule has 0 fully saturated rings. The van der Waals surface area contributed by atoms with Crippen LogP contribution in [0.3, 0.4) is 0 Å². The summed E-state index contributed by atoms with van der Waals surface area (Å²) in [5.74, 6) is 1.59. The lowest BCUT2D eigenvalue weighted by molar-refractivity contribution is 1.05. The maximum Gasteiger partial charge on any atom is 0.161 e. The van der Waals surface area contributed by atoms with Gasteiger partial charge in [0, 0.05) is 39.8 Å². The van der Waals surface area contributed by atoms with Gasteiger partial charge in [0.25, 0.3) is 0 Å². The molecule has 36 heavy (non-hydrogen) atoms. The van der Waals surface area contributed by atoms with Crippen LogP contribution < -0.4 is 0 Å². The fourth-order valence-corrected chi connectivity index (χ4v) is 5.62. The lowest BCUT2D eigenvalue weighted by atomic mass is 10.0. The van der Waals surface area contributed by atoms with Crippen molar-refractivity contribution >= 4 is 43.5 Å². The van der Waals surface area contributed by atoms with Crippen LogP contribution in [-0.4, -0.2) is 19.1 Å². The Hall–Kier alpha value is -4.96. The second-order valence-electron chi connectivity index (χ2n) is 9.16. The molecule has 0 N–H and O–H groups in total. The Labute approximate surface area is 207 Å². The molecular weight excluding hydrogens is 440 g/mol. The second-order valence-corrected chi connectivity index (χ2v) is 9.16. The second kappa shape index (κ2) is 7.27.